The van der Waals surface area contributed by atoms with Crippen LogP contribution in [0.15, 0.2) is 0 Å². The third-order valence-corrected chi connectivity index (χ3v) is 3.18. The molecule has 1 rings (SSSR count). The molecule has 1 heteroatoms. The van der Waals surface area contributed by atoms with Crippen LogP contribution < -0.4 is 0 Å². The first kappa shape index (κ1) is 7.46. The van der Waals surface area contributed by atoms with Gasteiger partial charge in [-0.1, -0.05) is 13.8 Å². The van der Waals surface area contributed by atoms with Crippen molar-refractivity contribution in [1.82, 2.24) is 0 Å². The number of hydrogen-bond acceptors (Lipinski definition) is 1. The van der Waals surface area contributed by atoms with Crippen LogP contribution in [0, 0.1) is 5.92 Å². The molecule has 9 heavy (non-hydrogen) atoms. The van der Waals surface area contributed by atoms with Gasteiger partial charge in [0.15, 0.2) is 0 Å². The molecular weight excluding hydrogens is 128 g/mol. The maximum atomic E-state index is 2.32. The lowest BCUT2D eigenvalue weighted by Gasteiger charge is -2.09. The Morgan fingerprint density at radius 2 is 2.33 bits per heavy atom. The molecule has 1 aliphatic heterocycles. The molecule has 0 bridgehead atoms. The second kappa shape index (κ2) is 3.50. The van der Waals surface area contributed by atoms with Crippen molar-refractivity contribution in [3.8, 4) is 0 Å². The Morgan fingerprint density at radius 3 is 2.78 bits per heavy atom. The summed E-state index contributed by atoms with van der Waals surface area (Å²) in [7, 11) is 0. The van der Waals surface area contributed by atoms with Crippen LogP contribution in [0.5, 0.6) is 0 Å². The number of thioether (sulfide) groups is 1. The minimum Gasteiger partial charge on any atom is -0.159 e. The summed E-state index contributed by atoms with van der Waals surface area (Å²) >= 11 is 2.17. The summed E-state index contributed by atoms with van der Waals surface area (Å²) in [5.74, 6) is 2.32. The molecule has 1 heterocycles. The summed E-state index contributed by atoms with van der Waals surface area (Å²) in [6.45, 7) is 4.64. The van der Waals surface area contributed by atoms with Crippen LogP contribution in [0.2, 0.25) is 0 Å². The molecule has 1 saturated heterocycles. The predicted molar refractivity (Wildman–Crippen MR) is 44.9 cm³/mol. The minimum absolute atomic E-state index is 0.903. The Kier molecular flexibility index (Phi) is 2.90. The van der Waals surface area contributed by atoms with E-state index < -0.39 is 0 Å². The van der Waals surface area contributed by atoms with Crippen molar-refractivity contribution in [2.75, 3.05) is 5.75 Å². The highest BCUT2D eigenvalue weighted by Crippen LogP contribution is 2.30. The van der Waals surface area contributed by atoms with Crippen molar-refractivity contribution >= 4 is 11.8 Å². The van der Waals surface area contributed by atoms with E-state index in [1.165, 1.54) is 25.0 Å². The molecule has 0 radical (unpaired) electrons. The summed E-state index contributed by atoms with van der Waals surface area (Å²) in [5, 5.41) is 1.00. The van der Waals surface area contributed by atoms with Gasteiger partial charge in [0, 0.05) is 5.25 Å². The Morgan fingerprint density at radius 1 is 1.56 bits per heavy atom. The van der Waals surface area contributed by atoms with Crippen LogP contribution in [-0.2, 0) is 0 Å². The number of rotatable bonds is 2. The summed E-state index contributed by atoms with van der Waals surface area (Å²) in [5.41, 5.74) is 0. The van der Waals surface area contributed by atoms with Gasteiger partial charge in [0.05, 0.1) is 0 Å². The first-order valence-corrected chi connectivity index (χ1v) is 4.95. The van der Waals surface area contributed by atoms with Gasteiger partial charge in [0.1, 0.15) is 0 Å². The van der Waals surface area contributed by atoms with E-state index in [1.807, 2.05) is 0 Å². The lowest BCUT2D eigenvalue weighted by molar-refractivity contribution is 0.557. The molecule has 1 atom stereocenters. The van der Waals surface area contributed by atoms with Crippen LogP contribution in [0.1, 0.15) is 33.1 Å². The van der Waals surface area contributed by atoms with Crippen LogP contribution in [-0.4, -0.2) is 11.0 Å². The van der Waals surface area contributed by atoms with Gasteiger partial charge in [-0.25, -0.2) is 0 Å². The fraction of sp³-hybridized carbons (Fsp3) is 1.00. The van der Waals surface area contributed by atoms with E-state index in [-0.39, 0.29) is 0 Å². The van der Waals surface area contributed by atoms with Gasteiger partial charge in [-0.2, -0.15) is 11.8 Å². The lowest BCUT2D eigenvalue weighted by Crippen LogP contribution is -2.01. The van der Waals surface area contributed by atoms with Gasteiger partial charge in [-0.3, -0.25) is 0 Å². The van der Waals surface area contributed by atoms with Gasteiger partial charge in [0.2, 0.25) is 0 Å². The summed E-state index contributed by atoms with van der Waals surface area (Å²) < 4.78 is 0. The Labute approximate surface area is 62.4 Å². The van der Waals surface area contributed by atoms with Gasteiger partial charge in [0.25, 0.3) is 0 Å². The van der Waals surface area contributed by atoms with Crippen LogP contribution >= 0.6 is 11.8 Å². The van der Waals surface area contributed by atoms with Crippen LogP contribution in [0.3, 0.4) is 0 Å². The average Bonchev–Trinajstić information content (AvgIpc) is 2.15. The van der Waals surface area contributed by atoms with Crippen molar-refractivity contribution in [2.24, 2.45) is 5.92 Å². The zero-order valence-electron chi connectivity index (χ0n) is 6.39. The molecule has 1 aliphatic rings. The van der Waals surface area contributed by atoms with E-state index in [4.69, 9.17) is 0 Å². The van der Waals surface area contributed by atoms with Crippen molar-refractivity contribution < 1.29 is 0 Å². The van der Waals surface area contributed by atoms with Gasteiger partial charge in [-0.15, -0.1) is 0 Å². The highest BCUT2D eigenvalue weighted by molar-refractivity contribution is 8.00. The largest absolute Gasteiger partial charge is 0.159 e. The molecule has 1 unspecified atom stereocenters. The van der Waals surface area contributed by atoms with Crippen molar-refractivity contribution in [1.29, 1.82) is 0 Å². The number of hydrogen-bond donors (Lipinski definition) is 0. The van der Waals surface area contributed by atoms with E-state index in [9.17, 15) is 0 Å². The fourth-order valence-corrected chi connectivity index (χ4v) is 2.88. The molecule has 0 aromatic rings. The molecule has 0 spiro atoms. The molecule has 0 N–H and O–H groups in total. The van der Waals surface area contributed by atoms with E-state index >= 15 is 0 Å². The second-order valence-electron chi connectivity index (χ2n) is 3.26. The predicted octanol–water partition coefficient (Wildman–Crippen LogP) is 2.93. The summed E-state index contributed by atoms with van der Waals surface area (Å²) in [6.07, 6.45) is 4.37. The highest BCUT2D eigenvalue weighted by atomic mass is 32.2. The Hall–Kier alpha value is 0.350. The molecule has 0 aromatic heterocycles. The maximum absolute atomic E-state index is 2.32. The van der Waals surface area contributed by atoms with Crippen molar-refractivity contribution in [2.45, 2.75) is 38.4 Å². The maximum Gasteiger partial charge on any atom is 0.00497 e. The Bertz CT molecular complexity index is 72.6. The normalized spacial score (nSPS) is 27.7. The van der Waals surface area contributed by atoms with Gasteiger partial charge < -0.3 is 0 Å². The van der Waals surface area contributed by atoms with E-state index in [0.29, 0.717) is 0 Å². The topological polar surface area (TPSA) is 0 Å². The molecular formula is C8H16S. The van der Waals surface area contributed by atoms with Crippen LogP contribution in [0.4, 0.5) is 0 Å². The SMILES string of the molecule is CC(C)CC1CCCS1. The second-order valence-corrected chi connectivity index (χ2v) is 4.67. The molecule has 0 aliphatic carbocycles. The molecule has 54 valence electrons. The minimum atomic E-state index is 0.903. The molecule has 0 amide bonds. The third-order valence-electron chi connectivity index (χ3n) is 1.76. The van der Waals surface area contributed by atoms with Gasteiger partial charge >= 0.3 is 0 Å². The van der Waals surface area contributed by atoms with Crippen molar-refractivity contribution in [3.05, 3.63) is 0 Å². The fourth-order valence-electron chi connectivity index (χ4n) is 1.36. The Balaban J connectivity index is 2.11. The highest BCUT2D eigenvalue weighted by Gasteiger charge is 2.15. The van der Waals surface area contributed by atoms with Crippen molar-refractivity contribution in [3.63, 3.8) is 0 Å². The summed E-state index contributed by atoms with van der Waals surface area (Å²) in [4.78, 5) is 0. The molecule has 1 fully saturated rings. The van der Waals surface area contributed by atoms with E-state index in [1.54, 1.807) is 0 Å². The zero-order chi connectivity index (χ0) is 6.69. The first-order valence-electron chi connectivity index (χ1n) is 3.90. The monoisotopic (exact) mass is 144 g/mol. The first-order chi connectivity index (χ1) is 4.29. The van der Waals surface area contributed by atoms with Gasteiger partial charge in [-0.05, 0) is 30.9 Å². The van der Waals surface area contributed by atoms with E-state index in [2.05, 4.69) is 25.6 Å². The molecule has 0 nitrogen and oxygen atoms in total. The standard InChI is InChI=1S/C8H16S/c1-7(2)6-8-4-3-5-9-8/h7-8H,3-6H2,1-2H3. The molecule has 0 saturated carbocycles. The quantitative estimate of drug-likeness (QED) is 0.574. The molecule has 0 aromatic carbocycles. The average molecular weight is 144 g/mol. The smallest absolute Gasteiger partial charge is 0.00497 e. The van der Waals surface area contributed by atoms with E-state index in [0.717, 1.165) is 11.2 Å². The third kappa shape index (κ3) is 2.61. The zero-order valence-corrected chi connectivity index (χ0v) is 7.21. The lowest BCUT2D eigenvalue weighted by atomic mass is 10.1. The van der Waals surface area contributed by atoms with Crippen LogP contribution in [0.25, 0.3) is 0 Å². The summed E-state index contributed by atoms with van der Waals surface area (Å²) in [6, 6.07) is 0.